The molecule has 1 aliphatic rings. The van der Waals surface area contributed by atoms with Gasteiger partial charge in [-0.05, 0) is 36.0 Å². The minimum absolute atomic E-state index is 0.0425. The van der Waals surface area contributed by atoms with Crippen LogP contribution < -0.4 is 4.74 Å². The van der Waals surface area contributed by atoms with Crippen LogP contribution in [-0.4, -0.2) is 15.5 Å². The molecule has 1 fully saturated rings. The summed E-state index contributed by atoms with van der Waals surface area (Å²) in [6, 6.07) is 5.33. The molecule has 0 atom stereocenters. The van der Waals surface area contributed by atoms with E-state index in [0.717, 1.165) is 18.4 Å². The Morgan fingerprint density at radius 2 is 1.84 bits per heavy atom. The topological polar surface area (TPSA) is 43.4 Å². The zero-order valence-corrected chi connectivity index (χ0v) is 12.9. The van der Waals surface area contributed by atoms with Crippen LogP contribution in [0.5, 0.6) is 5.75 Å². The van der Waals surface area contributed by atoms with Gasteiger partial charge in [-0.1, -0.05) is 32.3 Å². The minimum Gasteiger partial charge on any atom is -0.495 e. The number of rotatable bonds is 3. The highest BCUT2D eigenvalue weighted by Crippen LogP contribution is 2.41. The number of halogens is 1. The van der Waals surface area contributed by atoms with Crippen molar-refractivity contribution in [2.75, 3.05) is 7.11 Å². The Hall–Kier alpha value is -0.740. The van der Waals surface area contributed by atoms with Gasteiger partial charge in [0, 0.05) is 10.7 Å². The maximum absolute atomic E-state index is 11.6. The molecule has 1 aliphatic carbocycles. The van der Waals surface area contributed by atoms with E-state index in [1.54, 1.807) is 12.1 Å². The number of ether oxygens (including phenoxy) is 1. The molecule has 106 valence electrons. The molecule has 0 bridgehead atoms. The van der Waals surface area contributed by atoms with Crippen molar-refractivity contribution in [3.8, 4) is 5.75 Å². The van der Waals surface area contributed by atoms with Crippen molar-refractivity contribution in [1.29, 1.82) is 0 Å². The highest BCUT2D eigenvalue weighted by Gasteiger charge is 2.30. The van der Waals surface area contributed by atoms with Crippen molar-refractivity contribution < 1.29 is 13.2 Å². The molecule has 1 aromatic rings. The summed E-state index contributed by atoms with van der Waals surface area (Å²) in [4.78, 5) is 0.0703. The molecule has 3 nitrogen and oxygen atoms in total. The molecule has 19 heavy (non-hydrogen) atoms. The van der Waals surface area contributed by atoms with Crippen LogP contribution in [0.15, 0.2) is 23.1 Å². The van der Waals surface area contributed by atoms with Gasteiger partial charge in [0.25, 0.3) is 9.05 Å². The van der Waals surface area contributed by atoms with Crippen LogP contribution in [-0.2, 0) is 14.5 Å². The lowest BCUT2D eigenvalue weighted by molar-refractivity contribution is 0.318. The number of hydrogen-bond acceptors (Lipinski definition) is 3. The SMILES string of the molecule is COc1ccc(C2(C)CCCCC2)cc1S(=O)(=O)Cl. The van der Waals surface area contributed by atoms with Crippen LogP contribution in [0.25, 0.3) is 0 Å². The molecule has 0 heterocycles. The summed E-state index contributed by atoms with van der Waals surface area (Å²) >= 11 is 0. The molecular weight excluding hydrogens is 284 g/mol. The van der Waals surface area contributed by atoms with Crippen LogP contribution in [0.1, 0.15) is 44.6 Å². The maximum Gasteiger partial charge on any atom is 0.264 e. The minimum atomic E-state index is -3.79. The summed E-state index contributed by atoms with van der Waals surface area (Å²) < 4.78 is 28.4. The predicted molar refractivity (Wildman–Crippen MR) is 76.5 cm³/mol. The van der Waals surface area contributed by atoms with Gasteiger partial charge in [0.15, 0.2) is 0 Å². The summed E-state index contributed by atoms with van der Waals surface area (Å²) in [7, 11) is 3.15. The van der Waals surface area contributed by atoms with Crippen molar-refractivity contribution >= 4 is 19.7 Å². The molecule has 5 heteroatoms. The van der Waals surface area contributed by atoms with E-state index in [-0.39, 0.29) is 10.3 Å². The molecule has 0 saturated heterocycles. The van der Waals surface area contributed by atoms with Gasteiger partial charge in [-0.15, -0.1) is 0 Å². The highest BCUT2D eigenvalue weighted by atomic mass is 35.7. The lowest BCUT2D eigenvalue weighted by atomic mass is 9.71. The van der Waals surface area contributed by atoms with E-state index < -0.39 is 9.05 Å². The Bertz CT molecular complexity index is 560. The average Bonchev–Trinajstić information content (AvgIpc) is 2.38. The largest absolute Gasteiger partial charge is 0.495 e. The highest BCUT2D eigenvalue weighted by molar-refractivity contribution is 8.13. The van der Waals surface area contributed by atoms with Crippen LogP contribution in [0, 0.1) is 0 Å². The molecule has 1 saturated carbocycles. The predicted octanol–water partition coefficient (Wildman–Crippen LogP) is 3.84. The monoisotopic (exact) mass is 302 g/mol. The van der Waals surface area contributed by atoms with Gasteiger partial charge in [-0.3, -0.25) is 0 Å². The molecule has 0 unspecified atom stereocenters. The normalized spacial score (nSPS) is 19.1. The molecule has 0 amide bonds. The molecule has 0 aromatic heterocycles. The third-order valence-electron chi connectivity index (χ3n) is 4.08. The Kier molecular flexibility index (Phi) is 4.11. The third kappa shape index (κ3) is 3.06. The van der Waals surface area contributed by atoms with Crippen molar-refractivity contribution in [1.82, 2.24) is 0 Å². The molecule has 0 aliphatic heterocycles. The number of benzene rings is 1. The van der Waals surface area contributed by atoms with E-state index in [4.69, 9.17) is 15.4 Å². The molecule has 2 rings (SSSR count). The van der Waals surface area contributed by atoms with Gasteiger partial charge in [-0.2, -0.15) is 0 Å². The summed E-state index contributed by atoms with van der Waals surface area (Å²) in [5, 5.41) is 0. The third-order valence-corrected chi connectivity index (χ3v) is 5.42. The van der Waals surface area contributed by atoms with Crippen molar-refractivity contribution in [3.63, 3.8) is 0 Å². The summed E-state index contributed by atoms with van der Waals surface area (Å²) in [6.45, 7) is 2.19. The molecule has 1 aromatic carbocycles. The van der Waals surface area contributed by atoms with Gasteiger partial charge >= 0.3 is 0 Å². The van der Waals surface area contributed by atoms with Crippen LogP contribution in [0.4, 0.5) is 0 Å². The van der Waals surface area contributed by atoms with Gasteiger partial charge in [0.05, 0.1) is 7.11 Å². The van der Waals surface area contributed by atoms with Gasteiger partial charge in [0.2, 0.25) is 0 Å². The van der Waals surface area contributed by atoms with Gasteiger partial charge in [0.1, 0.15) is 10.6 Å². The molecular formula is C14H19ClO3S. The Morgan fingerprint density at radius 3 is 2.37 bits per heavy atom. The zero-order valence-electron chi connectivity index (χ0n) is 11.3. The first-order valence-electron chi connectivity index (χ1n) is 6.50. The van der Waals surface area contributed by atoms with E-state index in [1.807, 2.05) is 6.07 Å². The molecule has 0 spiro atoms. The lowest BCUT2D eigenvalue weighted by Crippen LogP contribution is -2.25. The fourth-order valence-corrected chi connectivity index (χ4v) is 3.88. The van der Waals surface area contributed by atoms with E-state index in [1.165, 1.54) is 26.4 Å². The maximum atomic E-state index is 11.6. The van der Waals surface area contributed by atoms with E-state index in [2.05, 4.69) is 6.92 Å². The van der Waals surface area contributed by atoms with E-state index in [0.29, 0.717) is 5.75 Å². The average molecular weight is 303 g/mol. The van der Waals surface area contributed by atoms with Gasteiger partial charge < -0.3 is 4.74 Å². The van der Waals surface area contributed by atoms with Crippen LogP contribution in [0.2, 0.25) is 0 Å². The van der Waals surface area contributed by atoms with Crippen LogP contribution >= 0.6 is 10.7 Å². The molecule has 0 radical (unpaired) electrons. The smallest absolute Gasteiger partial charge is 0.264 e. The first kappa shape index (κ1) is 14.7. The van der Waals surface area contributed by atoms with Crippen molar-refractivity contribution in [2.24, 2.45) is 0 Å². The second-order valence-electron chi connectivity index (χ2n) is 5.42. The van der Waals surface area contributed by atoms with Crippen LogP contribution in [0.3, 0.4) is 0 Å². The zero-order chi connectivity index (χ0) is 14.1. The quantitative estimate of drug-likeness (QED) is 0.797. The van der Waals surface area contributed by atoms with E-state index >= 15 is 0 Å². The Balaban J connectivity index is 2.49. The Morgan fingerprint density at radius 1 is 1.21 bits per heavy atom. The van der Waals surface area contributed by atoms with Crippen molar-refractivity contribution in [2.45, 2.75) is 49.3 Å². The first-order valence-corrected chi connectivity index (χ1v) is 8.81. The summed E-state index contributed by atoms with van der Waals surface area (Å²) in [5.41, 5.74) is 1.08. The van der Waals surface area contributed by atoms with Crippen molar-refractivity contribution in [3.05, 3.63) is 23.8 Å². The fraction of sp³-hybridized carbons (Fsp3) is 0.571. The fourth-order valence-electron chi connectivity index (χ4n) is 2.86. The second kappa shape index (κ2) is 5.33. The Labute approximate surface area is 119 Å². The number of hydrogen-bond donors (Lipinski definition) is 0. The molecule has 0 N–H and O–H groups in total. The van der Waals surface area contributed by atoms with E-state index in [9.17, 15) is 8.42 Å². The van der Waals surface area contributed by atoms with Gasteiger partial charge in [-0.25, -0.2) is 8.42 Å². The first-order chi connectivity index (χ1) is 8.87. The lowest BCUT2D eigenvalue weighted by Gasteiger charge is -2.34. The second-order valence-corrected chi connectivity index (χ2v) is 7.96. The number of methoxy groups -OCH3 is 1. The standard InChI is InChI=1S/C14H19ClO3S/c1-14(8-4-3-5-9-14)11-6-7-12(18-2)13(10-11)19(15,16)17/h6-7,10H,3-5,8-9H2,1-2H3. The summed E-state index contributed by atoms with van der Waals surface area (Å²) in [6.07, 6.45) is 5.80. The summed E-state index contributed by atoms with van der Waals surface area (Å²) in [5.74, 6) is 0.304.